The molecule has 0 aliphatic rings. The van der Waals surface area contributed by atoms with Crippen LogP contribution in [0.2, 0.25) is 0 Å². The van der Waals surface area contributed by atoms with Gasteiger partial charge in [-0.15, -0.1) is 16.4 Å². The van der Waals surface area contributed by atoms with E-state index in [-0.39, 0.29) is 0 Å². The molecule has 0 saturated carbocycles. The Kier molecular flexibility index (Phi) is 4.77. The molecule has 0 aliphatic carbocycles. The first-order valence-corrected chi connectivity index (χ1v) is 10.2. The van der Waals surface area contributed by atoms with Crippen molar-refractivity contribution in [1.29, 1.82) is 0 Å². The van der Waals surface area contributed by atoms with Crippen molar-refractivity contribution in [1.82, 2.24) is 19.6 Å². The third kappa shape index (κ3) is 4.07. The van der Waals surface area contributed by atoms with E-state index in [9.17, 15) is 4.79 Å². The van der Waals surface area contributed by atoms with Gasteiger partial charge in [-0.25, -0.2) is 4.98 Å². The summed E-state index contributed by atoms with van der Waals surface area (Å²) in [5.74, 6) is 1.05. The van der Waals surface area contributed by atoms with E-state index in [0.29, 0.717) is 23.2 Å². The minimum Gasteiger partial charge on any atom is -0.439 e. The lowest BCUT2D eigenvalue weighted by molar-refractivity contribution is -0.113. The van der Waals surface area contributed by atoms with Crippen molar-refractivity contribution in [2.75, 3.05) is 5.32 Å². The van der Waals surface area contributed by atoms with Crippen LogP contribution in [0.25, 0.3) is 21.9 Å². The van der Waals surface area contributed by atoms with E-state index in [0.717, 1.165) is 21.5 Å². The standard InChI is InChI=1S/C22H16N6O2S/c23-19(29)10-7-14-3-1-4-16(11-14)30-21-6-2-5-20-26-22(27-28(20)21)25-15-8-9-17-18(12-15)31-13-24-17/h1-13H,(H2,23,29)(H,25,27). The molecule has 0 aliphatic heterocycles. The van der Waals surface area contributed by atoms with E-state index >= 15 is 0 Å². The predicted octanol–water partition coefficient (Wildman–Crippen LogP) is 4.37. The number of aromatic nitrogens is 4. The fourth-order valence-corrected chi connectivity index (χ4v) is 3.77. The highest BCUT2D eigenvalue weighted by Gasteiger charge is 2.10. The first-order valence-electron chi connectivity index (χ1n) is 9.35. The van der Waals surface area contributed by atoms with E-state index in [1.165, 1.54) is 6.08 Å². The maximum atomic E-state index is 11.0. The number of benzene rings is 2. The number of carbonyl (C=O) groups excluding carboxylic acids is 1. The maximum Gasteiger partial charge on any atom is 0.247 e. The van der Waals surface area contributed by atoms with Gasteiger partial charge in [-0.2, -0.15) is 9.50 Å². The summed E-state index contributed by atoms with van der Waals surface area (Å²) >= 11 is 1.58. The molecular weight excluding hydrogens is 412 g/mol. The molecule has 31 heavy (non-hydrogen) atoms. The maximum absolute atomic E-state index is 11.0. The van der Waals surface area contributed by atoms with Crippen molar-refractivity contribution in [3.05, 3.63) is 77.8 Å². The molecule has 0 radical (unpaired) electrons. The quantitative estimate of drug-likeness (QED) is 0.389. The molecule has 1 amide bonds. The van der Waals surface area contributed by atoms with Crippen LogP contribution in [0.5, 0.6) is 11.6 Å². The van der Waals surface area contributed by atoms with Crippen LogP contribution in [0.15, 0.2) is 72.3 Å². The zero-order chi connectivity index (χ0) is 21.2. The van der Waals surface area contributed by atoms with Crippen molar-refractivity contribution >= 4 is 50.8 Å². The second kappa shape index (κ2) is 7.88. The monoisotopic (exact) mass is 428 g/mol. The van der Waals surface area contributed by atoms with Crippen molar-refractivity contribution in [3.8, 4) is 11.6 Å². The summed E-state index contributed by atoms with van der Waals surface area (Å²) in [6.45, 7) is 0. The van der Waals surface area contributed by atoms with Gasteiger partial charge in [-0.05, 0) is 48.0 Å². The molecule has 3 aromatic heterocycles. The Morgan fingerprint density at radius 1 is 1.13 bits per heavy atom. The Hall–Kier alpha value is -4.24. The molecule has 0 saturated heterocycles. The number of pyridine rings is 1. The number of fused-ring (bicyclic) bond motifs is 2. The van der Waals surface area contributed by atoms with E-state index in [1.807, 2.05) is 54.0 Å². The third-order valence-electron chi connectivity index (χ3n) is 4.43. The Morgan fingerprint density at radius 2 is 2.03 bits per heavy atom. The molecule has 0 bridgehead atoms. The summed E-state index contributed by atoms with van der Waals surface area (Å²) < 4.78 is 8.74. The van der Waals surface area contributed by atoms with Gasteiger partial charge in [0.25, 0.3) is 0 Å². The third-order valence-corrected chi connectivity index (χ3v) is 5.22. The Balaban J connectivity index is 1.42. The molecule has 152 valence electrons. The second-order valence-electron chi connectivity index (χ2n) is 6.64. The highest BCUT2D eigenvalue weighted by atomic mass is 32.1. The number of nitrogens with zero attached hydrogens (tertiary/aromatic N) is 4. The minimum atomic E-state index is -0.506. The van der Waals surface area contributed by atoms with Crippen molar-refractivity contribution in [2.45, 2.75) is 0 Å². The highest BCUT2D eigenvalue weighted by molar-refractivity contribution is 7.16. The number of nitrogens with one attached hydrogen (secondary N) is 1. The van der Waals surface area contributed by atoms with Crippen LogP contribution < -0.4 is 15.8 Å². The zero-order valence-corrected chi connectivity index (χ0v) is 16.9. The molecule has 5 rings (SSSR count). The molecule has 8 nitrogen and oxygen atoms in total. The largest absolute Gasteiger partial charge is 0.439 e. The van der Waals surface area contributed by atoms with Crippen LogP contribution >= 0.6 is 11.3 Å². The number of amides is 1. The van der Waals surface area contributed by atoms with E-state index in [4.69, 9.17) is 10.5 Å². The number of rotatable bonds is 6. The second-order valence-corrected chi connectivity index (χ2v) is 7.53. The SMILES string of the molecule is NC(=O)C=Cc1cccc(Oc2cccc3nc(Nc4ccc5ncsc5c4)nn23)c1. The fraction of sp³-hybridized carbons (Fsp3) is 0. The molecule has 0 fully saturated rings. The lowest BCUT2D eigenvalue weighted by Crippen LogP contribution is -2.05. The number of hydrogen-bond acceptors (Lipinski definition) is 7. The molecule has 5 aromatic rings. The number of nitrogens with two attached hydrogens (primary N) is 1. The Labute approximate surface area is 180 Å². The summed E-state index contributed by atoms with van der Waals surface area (Å²) in [6, 6.07) is 18.7. The van der Waals surface area contributed by atoms with Crippen LogP contribution in [0.1, 0.15) is 5.56 Å². The van der Waals surface area contributed by atoms with Crippen LogP contribution in [0.4, 0.5) is 11.6 Å². The number of primary amides is 1. The van der Waals surface area contributed by atoms with Crippen LogP contribution in [0, 0.1) is 0 Å². The smallest absolute Gasteiger partial charge is 0.247 e. The van der Waals surface area contributed by atoms with Gasteiger partial charge in [0.1, 0.15) is 5.75 Å². The molecule has 0 spiro atoms. The average molecular weight is 428 g/mol. The number of hydrogen-bond donors (Lipinski definition) is 2. The van der Waals surface area contributed by atoms with Gasteiger partial charge in [-0.1, -0.05) is 18.2 Å². The highest BCUT2D eigenvalue weighted by Crippen LogP contribution is 2.26. The Morgan fingerprint density at radius 3 is 2.94 bits per heavy atom. The first-order chi connectivity index (χ1) is 15.1. The summed E-state index contributed by atoms with van der Waals surface area (Å²) in [5, 5.41) is 7.77. The summed E-state index contributed by atoms with van der Waals surface area (Å²) in [7, 11) is 0. The summed E-state index contributed by atoms with van der Waals surface area (Å²) in [4.78, 5) is 19.8. The van der Waals surface area contributed by atoms with Crippen molar-refractivity contribution in [2.24, 2.45) is 5.73 Å². The minimum absolute atomic E-state index is 0.457. The number of thiazole rings is 1. The average Bonchev–Trinajstić information content (AvgIpc) is 3.39. The molecule has 2 aromatic carbocycles. The topological polar surface area (TPSA) is 107 Å². The van der Waals surface area contributed by atoms with E-state index < -0.39 is 5.91 Å². The zero-order valence-electron chi connectivity index (χ0n) is 16.1. The van der Waals surface area contributed by atoms with Gasteiger partial charge in [0.05, 0.1) is 15.7 Å². The molecule has 3 N–H and O–H groups in total. The summed E-state index contributed by atoms with van der Waals surface area (Å²) in [5.41, 5.74) is 10.3. The van der Waals surface area contributed by atoms with Gasteiger partial charge in [-0.3, -0.25) is 4.79 Å². The number of carbonyl (C=O) groups is 1. The van der Waals surface area contributed by atoms with Gasteiger partial charge in [0.2, 0.25) is 17.7 Å². The normalized spacial score (nSPS) is 11.4. The van der Waals surface area contributed by atoms with Crippen LogP contribution in [-0.4, -0.2) is 25.5 Å². The van der Waals surface area contributed by atoms with Crippen LogP contribution in [0.3, 0.4) is 0 Å². The van der Waals surface area contributed by atoms with Gasteiger partial charge >= 0.3 is 0 Å². The molecule has 0 atom stereocenters. The molecule has 0 unspecified atom stereocenters. The molecule has 3 heterocycles. The first kappa shape index (κ1) is 18.8. The summed E-state index contributed by atoms with van der Waals surface area (Å²) in [6.07, 6.45) is 2.94. The van der Waals surface area contributed by atoms with Crippen molar-refractivity contribution in [3.63, 3.8) is 0 Å². The van der Waals surface area contributed by atoms with Gasteiger partial charge in [0, 0.05) is 17.8 Å². The number of ether oxygens (including phenoxy) is 1. The van der Waals surface area contributed by atoms with Gasteiger partial charge in [0.15, 0.2) is 5.65 Å². The lowest BCUT2D eigenvalue weighted by Gasteiger charge is -2.07. The van der Waals surface area contributed by atoms with E-state index in [1.54, 1.807) is 34.1 Å². The molecular formula is C22H16N6O2S. The van der Waals surface area contributed by atoms with Crippen LogP contribution in [-0.2, 0) is 4.79 Å². The van der Waals surface area contributed by atoms with Gasteiger partial charge < -0.3 is 15.8 Å². The predicted molar refractivity (Wildman–Crippen MR) is 121 cm³/mol. The lowest BCUT2D eigenvalue weighted by atomic mass is 10.2. The Bertz CT molecular complexity index is 1440. The van der Waals surface area contributed by atoms with E-state index in [2.05, 4.69) is 20.4 Å². The fourth-order valence-electron chi connectivity index (χ4n) is 3.05. The van der Waals surface area contributed by atoms with Crippen molar-refractivity contribution < 1.29 is 9.53 Å². The number of anilines is 2. The molecule has 9 heteroatoms.